The van der Waals surface area contributed by atoms with Gasteiger partial charge in [-0.3, -0.25) is 9.69 Å². The maximum absolute atomic E-state index is 12.2. The molecule has 1 fully saturated rings. The largest absolute Gasteiger partial charge is 0.379 e. The van der Waals surface area contributed by atoms with E-state index in [2.05, 4.69) is 20.4 Å². The molecule has 1 saturated heterocycles. The standard InChI is InChI=1S/C17H22ClN5O2S/c1-12-3-4-13(9-14(12)18)19-16(24)11-26-17-21-20-15(22(17)2)10-23-5-7-25-8-6-23/h3-4,9H,5-8,10-11H2,1-2H3,(H,19,24). The third-order valence-corrected chi connectivity index (χ3v) is 5.61. The van der Waals surface area contributed by atoms with Crippen LogP contribution < -0.4 is 5.32 Å². The van der Waals surface area contributed by atoms with Crippen LogP contribution in [0, 0.1) is 6.92 Å². The van der Waals surface area contributed by atoms with Gasteiger partial charge in [0.25, 0.3) is 0 Å². The van der Waals surface area contributed by atoms with Crippen molar-refractivity contribution >= 4 is 35.0 Å². The van der Waals surface area contributed by atoms with Gasteiger partial charge in [0.05, 0.1) is 25.5 Å². The number of carbonyl (C=O) groups is 1. The van der Waals surface area contributed by atoms with Gasteiger partial charge in [0.1, 0.15) is 5.82 Å². The lowest BCUT2D eigenvalue weighted by Gasteiger charge is -2.25. The van der Waals surface area contributed by atoms with Crippen molar-refractivity contribution < 1.29 is 9.53 Å². The molecule has 1 amide bonds. The number of aromatic nitrogens is 3. The SMILES string of the molecule is Cc1ccc(NC(=O)CSc2nnc(CN3CCOCC3)n2C)cc1Cl. The molecule has 1 aromatic carbocycles. The van der Waals surface area contributed by atoms with E-state index in [1.54, 1.807) is 6.07 Å². The number of anilines is 1. The number of nitrogens with one attached hydrogen (secondary N) is 1. The molecule has 1 aliphatic heterocycles. The molecule has 0 saturated carbocycles. The molecule has 26 heavy (non-hydrogen) atoms. The molecule has 0 bridgehead atoms. The summed E-state index contributed by atoms with van der Waals surface area (Å²) >= 11 is 7.45. The van der Waals surface area contributed by atoms with Gasteiger partial charge in [-0.25, -0.2) is 0 Å². The second-order valence-corrected chi connectivity index (χ2v) is 7.50. The first-order valence-electron chi connectivity index (χ1n) is 8.40. The normalized spacial score (nSPS) is 15.2. The second-order valence-electron chi connectivity index (χ2n) is 6.15. The third-order valence-electron chi connectivity index (χ3n) is 4.18. The minimum absolute atomic E-state index is 0.104. The lowest BCUT2D eigenvalue weighted by Crippen LogP contribution is -2.36. The Hall–Kier alpha value is -1.61. The van der Waals surface area contributed by atoms with Crippen molar-refractivity contribution in [3.63, 3.8) is 0 Å². The highest BCUT2D eigenvalue weighted by Gasteiger charge is 2.16. The van der Waals surface area contributed by atoms with Crippen LogP contribution in [0.2, 0.25) is 5.02 Å². The maximum Gasteiger partial charge on any atom is 0.234 e. The summed E-state index contributed by atoms with van der Waals surface area (Å²) in [6.45, 7) is 5.97. The number of ether oxygens (including phenoxy) is 1. The van der Waals surface area contributed by atoms with Crippen molar-refractivity contribution in [2.75, 3.05) is 37.4 Å². The van der Waals surface area contributed by atoms with Crippen molar-refractivity contribution in [2.45, 2.75) is 18.6 Å². The summed E-state index contributed by atoms with van der Waals surface area (Å²) in [7, 11) is 1.93. The number of halogens is 1. The van der Waals surface area contributed by atoms with Crippen LogP contribution in [-0.2, 0) is 23.1 Å². The van der Waals surface area contributed by atoms with E-state index in [4.69, 9.17) is 16.3 Å². The molecule has 1 N–H and O–H groups in total. The van der Waals surface area contributed by atoms with Gasteiger partial charge in [0, 0.05) is 30.8 Å². The number of hydrogen-bond acceptors (Lipinski definition) is 6. The minimum atomic E-state index is -0.104. The van der Waals surface area contributed by atoms with Crippen LogP contribution in [-0.4, -0.2) is 57.6 Å². The fourth-order valence-electron chi connectivity index (χ4n) is 2.57. The van der Waals surface area contributed by atoms with E-state index in [-0.39, 0.29) is 11.7 Å². The van der Waals surface area contributed by atoms with Gasteiger partial charge < -0.3 is 14.6 Å². The zero-order chi connectivity index (χ0) is 18.5. The molecule has 0 radical (unpaired) electrons. The van der Waals surface area contributed by atoms with Crippen molar-refractivity contribution in [2.24, 2.45) is 7.05 Å². The first-order chi connectivity index (χ1) is 12.5. The molecule has 0 spiro atoms. The fraction of sp³-hybridized carbons (Fsp3) is 0.471. The predicted molar refractivity (Wildman–Crippen MR) is 103 cm³/mol. The summed E-state index contributed by atoms with van der Waals surface area (Å²) in [4.78, 5) is 14.4. The Morgan fingerprint density at radius 1 is 1.35 bits per heavy atom. The molecule has 2 heterocycles. The van der Waals surface area contributed by atoms with Gasteiger partial charge in [-0.05, 0) is 24.6 Å². The minimum Gasteiger partial charge on any atom is -0.379 e. The molecule has 1 aromatic heterocycles. The zero-order valence-electron chi connectivity index (χ0n) is 14.9. The van der Waals surface area contributed by atoms with Gasteiger partial charge in [0.2, 0.25) is 5.91 Å². The lowest BCUT2D eigenvalue weighted by atomic mass is 10.2. The molecule has 0 unspecified atom stereocenters. The van der Waals surface area contributed by atoms with Gasteiger partial charge >= 0.3 is 0 Å². The van der Waals surface area contributed by atoms with Crippen molar-refractivity contribution in [3.05, 3.63) is 34.6 Å². The first kappa shape index (κ1) is 19.2. The zero-order valence-corrected chi connectivity index (χ0v) is 16.4. The Balaban J connectivity index is 1.52. The molecule has 0 aliphatic carbocycles. The molecule has 3 rings (SSSR count). The molecule has 140 valence electrons. The van der Waals surface area contributed by atoms with Gasteiger partial charge in [-0.15, -0.1) is 10.2 Å². The van der Waals surface area contributed by atoms with Crippen LogP contribution in [0.1, 0.15) is 11.4 Å². The van der Waals surface area contributed by atoms with Crippen LogP contribution in [0.4, 0.5) is 5.69 Å². The molecular formula is C17H22ClN5O2S. The molecule has 2 aromatic rings. The van der Waals surface area contributed by atoms with Crippen molar-refractivity contribution in [3.8, 4) is 0 Å². The van der Waals surface area contributed by atoms with E-state index in [0.29, 0.717) is 10.7 Å². The summed E-state index contributed by atoms with van der Waals surface area (Å²) < 4.78 is 7.30. The average Bonchev–Trinajstić information content (AvgIpc) is 2.97. The molecule has 0 atom stereocenters. The summed E-state index contributed by atoms with van der Waals surface area (Å²) in [5.41, 5.74) is 1.67. The second kappa shape index (κ2) is 8.85. The maximum atomic E-state index is 12.2. The van der Waals surface area contributed by atoms with Gasteiger partial charge in [0.15, 0.2) is 5.16 Å². The summed E-state index contributed by atoms with van der Waals surface area (Å²) in [5.74, 6) is 1.04. The number of morpholine rings is 1. The van der Waals surface area contributed by atoms with E-state index in [9.17, 15) is 4.79 Å². The number of hydrogen-bond donors (Lipinski definition) is 1. The van der Waals surface area contributed by atoms with E-state index < -0.39 is 0 Å². The Morgan fingerprint density at radius 2 is 2.12 bits per heavy atom. The molecule has 1 aliphatic rings. The van der Waals surface area contributed by atoms with E-state index in [1.165, 1.54) is 11.8 Å². The van der Waals surface area contributed by atoms with Crippen LogP contribution >= 0.6 is 23.4 Å². The number of rotatable bonds is 6. The van der Waals surface area contributed by atoms with Gasteiger partial charge in [-0.2, -0.15) is 0 Å². The average molecular weight is 396 g/mol. The number of nitrogens with zero attached hydrogens (tertiary/aromatic N) is 4. The van der Waals surface area contributed by atoms with Crippen molar-refractivity contribution in [1.29, 1.82) is 0 Å². The monoisotopic (exact) mass is 395 g/mol. The Morgan fingerprint density at radius 3 is 2.85 bits per heavy atom. The first-order valence-corrected chi connectivity index (χ1v) is 9.76. The topological polar surface area (TPSA) is 72.3 Å². The Labute approximate surface area is 162 Å². The number of aryl methyl sites for hydroxylation is 1. The number of benzene rings is 1. The summed E-state index contributed by atoms with van der Waals surface area (Å²) in [6, 6.07) is 5.47. The van der Waals surface area contributed by atoms with Crippen LogP contribution in [0.3, 0.4) is 0 Å². The lowest BCUT2D eigenvalue weighted by molar-refractivity contribution is -0.113. The predicted octanol–water partition coefficient (Wildman–Crippen LogP) is 2.34. The highest BCUT2D eigenvalue weighted by molar-refractivity contribution is 7.99. The molecular weight excluding hydrogens is 374 g/mol. The Kier molecular flexibility index (Phi) is 6.53. The smallest absolute Gasteiger partial charge is 0.234 e. The quantitative estimate of drug-likeness (QED) is 0.757. The summed E-state index contributed by atoms with van der Waals surface area (Å²) in [6.07, 6.45) is 0. The molecule has 9 heteroatoms. The summed E-state index contributed by atoms with van der Waals surface area (Å²) in [5, 5.41) is 12.7. The Bertz CT molecular complexity index is 777. The van der Waals surface area contributed by atoms with Crippen molar-refractivity contribution in [1.82, 2.24) is 19.7 Å². The van der Waals surface area contributed by atoms with E-state index >= 15 is 0 Å². The van der Waals surface area contributed by atoms with Crippen LogP contribution in [0.5, 0.6) is 0 Å². The number of thioether (sulfide) groups is 1. The van der Waals surface area contributed by atoms with E-state index in [1.807, 2.05) is 30.7 Å². The van der Waals surface area contributed by atoms with Gasteiger partial charge in [-0.1, -0.05) is 29.4 Å². The number of amides is 1. The molecule has 7 nitrogen and oxygen atoms in total. The fourth-order valence-corrected chi connectivity index (χ4v) is 3.48. The number of carbonyl (C=O) groups excluding carboxylic acids is 1. The highest BCUT2D eigenvalue weighted by atomic mass is 35.5. The third kappa shape index (κ3) is 4.97. The van der Waals surface area contributed by atoms with Crippen LogP contribution in [0.15, 0.2) is 23.4 Å². The van der Waals surface area contributed by atoms with Crippen LogP contribution in [0.25, 0.3) is 0 Å². The van der Waals surface area contributed by atoms with E-state index in [0.717, 1.165) is 49.4 Å². The highest BCUT2D eigenvalue weighted by Crippen LogP contribution is 2.21.